The number of carbonyl (C=O) groups is 1. The summed E-state index contributed by atoms with van der Waals surface area (Å²) in [5, 5.41) is 0. The normalized spacial score (nSPS) is 18.3. The minimum atomic E-state index is -3.59. The molecule has 2 aromatic rings. The number of hydrogen-bond acceptors (Lipinski definition) is 4. The Balaban J connectivity index is 1.90. The van der Waals surface area contributed by atoms with E-state index in [1.807, 2.05) is 43.3 Å². The van der Waals surface area contributed by atoms with E-state index in [4.69, 9.17) is 4.74 Å². The van der Waals surface area contributed by atoms with Crippen LogP contribution in [0.1, 0.15) is 24.0 Å². The predicted octanol–water partition coefficient (Wildman–Crippen LogP) is 4.21. The number of sulfonamides is 1. The fourth-order valence-corrected chi connectivity index (χ4v) is 4.99. The van der Waals surface area contributed by atoms with E-state index in [0.29, 0.717) is 24.4 Å². The first-order valence-electron chi connectivity index (χ1n) is 9.88. The van der Waals surface area contributed by atoms with Crippen LogP contribution in [0.25, 0.3) is 5.57 Å². The molecule has 1 saturated heterocycles. The molecule has 2 aromatic carbocycles. The zero-order chi connectivity index (χ0) is 21.7. The summed E-state index contributed by atoms with van der Waals surface area (Å²) in [5.74, 6) is -0.519. The maximum atomic E-state index is 13.1. The van der Waals surface area contributed by atoms with Crippen molar-refractivity contribution in [1.29, 1.82) is 0 Å². The van der Waals surface area contributed by atoms with Gasteiger partial charge in [0, 0.05) is 19.0 Å². The van der Waals surface area contributed by atoms with Crippen LogP contribution in [0.5, 0.6) is 0 Å². The molecular formula is C24H27NO4S. The first-order chi connectivity index (χ1) is 14.3. The first kappa shape index (κ1) is 22.0. The molecule has 0 radical (unpaired) electrons. The number of hydrogen-bond donors (Lipinski definition) is 0. The van der Waals surface area contributed by atoms with E-state index < -0.39 is 10.0 Å². The molecule has 1 heterocycles. The third-order valence-electron chi connectivity index (χ3n) is 5.38. The summed E-state index contributed by atoms with van der Waals surface area (Å²) in [5.41, 5.74) is 3.69. The molecule has 0 bridgehead atoms. The number of rotatable bonds is 6. The van der Waals surface area contributed by atoms with E-state index in [0.717, 1.165) is 22.3 Å². The number of methoxy groups -OCH3 is 1. The lowest BCUT2D eigenvalue weighted by atomic mass is 9.89. The molecule has 0 amide bonds. The summed E-state index contributed by atoms with van der Waals surface area (Å²) in [6.45, 7) is 6.78. The zero-order valence-corrected chi connectivity index (χ0v) is 18.2. The minimum absolute atomic E-state index is 0.120. The third kappa shape index (κ3) is 5.07. The van der Waals surface area contributed by atoms with Crippen LogP contribution in [0.15, 0.2) is 77.7 Å². The van der Waals surface area contributed by atoms with Gasteiger partial charge in [0.05, 0.1) is 18.4 Å². The second kappa shape index (κ2) is 9.41. The van der Waals surface area contributed by atoms with Crippen LogP contribution in [0.4, 0.5) is 0 Å². The van der Waals surface area contributed by atoms with Crippen molar-refractivity contribution in [1.82, 2.24) is 4.31 Å². The van der Waals surface area contributed by atoms with Crippen molar-refractivity contribution >= 4 is 21.6 Å². The average Bonchev–Trinajstić information content (AvgIpc) is 2.75. The minimum Gasteiger partial charge on any atom is -0.469 e. The van der Waals surface area contributed by atoms with Gasteiger partial charge in [0.25, 0.3) is 0 Å². The molecular weight excluding hydrogens is 398 g/mol. The Kier molecular flexibility index (Phi) is 6.90. The van der Waals surface area contributed by atoms with Crippen molar-refractivity contribution in [2.45, 2.75) is 24.7 Å². The second-order valence-electron chi connectivity index (χ2n) is 7.50. The molecule has 30 heavy (non-hydrogen) atoms. The van der Waals surface area contributed by atoms with Crippen LogP contribution in [0.2, 0.25) is 0 Å². The lowest BCUT2D eigenvalue weighted by Gasteiger charge is -2.32. The van der Waals surface area contributed by atoms with Gasteiger partial charge in [-0.05, 0) is 36.6 Å². The Labute approximate surface area is 178 Å². The van der Waals surface area contributed by atoms with E-state index in [9.17, 15) is 13.2 Å². The predicted molar refractivity (Wildman–Crippen MR) is 118 cm³/mol. The van der Waals surface area contributed by atoms with E-state index in [2.05, 4.69) is 6.58 Å². The fourth-order valence-electron chi connectivity index (χ4n) is 3.52. The smallest absolute Gasteiger partial charge is 0.309 e. The Hall–Kier alpha value is -2.70. The molecule has 3 rings (SSSR count). The number of aryl methyl sites for hydroxylation is 1. The van der Waals surface area contributed by atoms with Crippen molar-refractivity contribution in [2.24, 2.45) is 5.92 Å². The molecule has 1 aliphatic heterocycles. The number of nitrogens with zero attached hydrogens (tertiary/aromatic N) is 1. The van der Waals surface area contributed by atoms with Gasteiger partial charge >= 0.3 is 5.97 Å². The van der Waals surface area contributed by atoms with Crippen molar-refractivity contribution in [3.8, 4) is 0 Å². The van der Waals surface area contributed by atoms with Gasteiger partial charge in [-0.1, -0.05) is 66.3 Å². The van der Waals surface area contributed by atoms with Gasteiger partial charge in [-0.3, -0.25) is 4.79 Å². The molecule has 6 heteroatoms. The van der Waals surface area contributed by atoms with Crippen LogP contribution in [0, 0.1) is 12.8 Å². The van der Waals surface area contributed by atoms with Crippen molar-refractivity contribution < 1.29 is 17.9 Å². The standard InChI is InChI=1S/C24H27NO4S/c1-18-9-11-23(12-10-18)30(27,28)25-14-13-19(2)22(17-25)15-21(16-24(26)29-3)20-7-5-4-6-8-20/h4-12,15,22H,2,13-14,16-17H2,1,3H3/b21-15-. The van der Waals surface area contributed by atoms with Gasteiger partial charge in [-0.2, -0.15) is 4.31 Å². The summed E-state index contributed by atoms with van der Waals surface area (Å²) in [6, 6.07) is 16.5. The number of esters is 1. The molecule has 158 valence electrons. The van der Waals surface area contributed by atoms with E-state index in [-0.39, 0.29) is 18.3 Å². The first-order valence-corrected chi connectivity index (χ1v) is 11.3. The van der Waals surface area contributed by atoms with Crippen molar-refractivity contribution in [2.75, 3.05) is 20.2 Å². The highest BCUT2D eigenvalue weighted by molar-refractivity contribution is 7.89. The largest absolute Gasteiger partial charge is 0.469 e. The summed E-state index contributed by atoms with van der Waals surface area (Å²) >= 11 is 0. The number of ether oxygens (including phenoxy) is 1. The molecule has 0 aliphatic carbocycles. The van der Waals surface area contributed by atoms with Crippen molar-refractivity contribution in [3.63, 3.8) is 0 Å². The van der Waals surface area contributed by atoms with Gasteiger partial charge < -0.3 is 4.74 Å². The zero-order valence-electron chi connectivity index (χ0n) is 17.4. The summed E-state index contributed by atoms with van der Waals surface area (Å²) in [6.07, 6.45) is 2.66. The maximum Gasteiger partial charge on any atom is 0.309 e. The maximum absolute atomic E-state index is 13.1. The molecule has 0 saturated carbocycles. The quantitative estimate of drug-likeness (QED) is 0.514. The van der Waals surface area contributed by atoms with E-state index >= 15 is 0 Å². The molecule has 1 fully saturated rings. The number of carbonyl (C=O) groups excluding carboxylic acids is 1. The van der Waals surface area contributed by atoms with Gasteiger partial charge in [0.15, 0.2) is 0 Å². The van der Waals surface area contributed by atoms with Crippen LogP contribution in [-0.4, -0.2) is 38.9 Å². The topological polar surface area (TPSA) is 63.7 Å². The molecule has 0 N–H and O–H groups in total. The SMILES string of the molecule is C=C1CCN(S(=O)(=O)c2ccc(C)cc2)CC1/C=C(/CC(=O)OC)c1ccccc1. The Morgan fingerprint density at radius 3 is 2.47 bits per heavy atom. The van der Waals surface area contributed by atoms with Crippen LogP contribution in [0.3, 0.4) is 0 Å². The molecule has 5 nitrogen and oxygen atoms in total. The average molecular weight is 426 g/mol. The van der Waals surface area contributed by atoms with Gasteiger partial charge in [-0.25, -0.2) is 8.42 Å². The summed E-state index contributed by atoms with van der Waals surface area (Å²) < 4.78 is 32.6. The monoisotopic (exact) mass is 425 g/mol. The van der Waals surface area contributed by atoms with E-state index in [1.54, 1.807) is 24.3 Å². The van der Waals surface area contributed by atoms with Gasteiger partial charge in [-0.15, -0.1) is 0 Å². The highest BCUT2D eigenvalue weighted by Crippen LogP contribution is 2.31. The Bertz CT molecular complexity index is 1040. The lowest BCUT2D eigenvalue weighted by molar-refractivity contribution is -0.139. The third-order valence-corrected chi connectivity index (χ3v) is 7.25. The Morgan fingerprint density at radius 1 is 1.17 bits per heavy atom. The fraction of sp³-hybridized carbons (Fsp3) is 0.292. The van der Waals surface area contributed by atoms with E-state index in [1.165, 1.54) is 11.4 Å². The van der Waals surface area contributed by atoms with Crippen molar-refractivity contribution in [3.05, 3.63) is 84.0 Å². The highest BCUT2D eigenvalue weighted by atomic mass is 32.2. The molecule has 0 aromatic heterocycles. The summed E-state index contributed by atoms with van der Waals surface area (Å²) in [4.78, 5) is 12.3. The molecule has 0 spiro atoms. The molecule has 1 aliphatic rings. The lowest BCUT2D eigenvalue weighted by Crippen LogP contribution is -2.40. The summed E-state index contributed by atoms with van der Waals surface area (Å²) in [7, 11) is -2.23. The molecule has 1 atom stereocenters. The number of benzene rings is 2. The number of piperidine rings is 1. The van der Waals surface area contributed by atoms with Crippen LogP contribution < -0.4 is 0 Å². The second-order valence-corrected chi connectivity index (χ2v) is 9.44. The van der Waals surface area contributed by atoms with Gasteiger partial charge in [0.1, 0.15) is 0 Å². The Morgan fingerprint density at radius 2 is 1.83 bits per heavy atom. The molecule has 1 unspecified atom stereocenters. The highest BCUT2D eigenvalue weighted by Gasteiger charge is 2.31. The van der Waals surface area contributed by atoms with Gasteiger partial charge in [0.2, 0.25) is 10.0 Å². The van der Waals surface area contributed by atoms with Crippen LogP contribution >= 0.6 is 0 Å². The van der Waals surface area contributed by atoms with Crippen LogP contribution in [-0.2, 0) is 19.6 Å².